The molecule has 8 heteroatoms. The monoisotopic (exact) mass is 325 g/mol. The first-order valence-electron chi connectivity index (χ1n) is 5.69. The minimum absolute atomic E-state index is 0.00825. The first kappa shape index (κ1) is 15.1. The number of carbonyl (C=O) groups excluding carboxylic acids is 1. The number of benzene rings is 2. The number of nitrogens with one attached hydrogen (secondary N) is 1. The highest BCUT2D eigenvalue weighted by Crippen LogP contribution is 2.26. The molecule has 21 heavy (non-hydrogen) atoms. The number of amides is 1. The molecule has 0 aliphatic heterocycles. The van der Waals surface area contributed by atoms with Crippen LogP contribution < -0.4 is 11.1 Å². The van der Waals surface area contributed by atoms with E-state index in [1.165, 1.54) is 24.3 Å². The molecule has 2 aromatic rings. The Kier molecular flexibility index (Phi) is 4.30. The molecule has 0 aliphatic rings. The number of rotatable bonds is 3. The summed E-state index contributed by atoms with van der Waals surface area (Å²) in [7, 11) is 0. The van der Waals surface area contributed by atoms with Gasteiger partial charge in [0.1, 0.15) is 5.69 Å². The Hall–Kier alpha value is -2.31. The predicted octanol–water partition coefficient (Wildman–Crippen LogP) is 3.74. The van der Waals surface area contributed by atoms with E-state index in [1.54, 1.807) is 6.07 Å². The van der Waals surface area contributed by atoms with Crippen molar-refractivity contribution in [2.75, 3.05) is 11.1 Å². The van der Waals surface area contributed by atoms with Gasteiger partial charge in [-0.25, -0.2) is 0 Å². The lowest BCUT2D eigenvalue weighted by Gasteiger charge is -2.07. The van der Waals surface area contributed by atoms with Crippen molar-refractivity contribution in [2.45, 2.75) is 0 Å². The Balaban J connectivity index is 2.26. The number of carbonyl (C=O) groups is 1. The van der Waals surface area contributed by atoms with Crippen molar-refractivity contribution in [1.82, 2.24) is 0 Å². The lowest BCUT2D eigenvalue weighted by atomic mass is 10.1. The van der Waals surface area contributed by atoms with Crippen molar-refractivity contribution in [3.05, 3.63) is 62.1 Å². The molecule has 0 radical (unpaired) electrons. The number of hydrogen-bond acceptors (Lipinski definition) is 4. The maximum absolute atomic E-state index is 12.0. The molecule has 0 spiro atoms. The molecule has 0 fully saturated rings. The second-order valence-electron chi connectivity index (χ2n) is 4.11. The first-order valence-corrected chi connectivity index (χ1v) is 6.44. The molecule has 1 amide bonds. The van der Waals surface area contributed by atoms with Crippen LogP contribution in [0.3, 0.4) is 0 Å². The smallest absolute Gasteiger partial charge is 0.292 e. The molecule has 2 rings (SSSR count). The predicted molar refractivity (Wildman–Crippen MR) is 81.9 cm³/mol. The highest BCUT2D eigenvalue weighted by Gasteiger charge is 2.16. The maximum Gasteiger partial charge on any atom is 0.292 e. The van der Waals surface area contributed by atoms with Crippen molar-refractivity contribution < 1.29 is 9.72 Å². The fourth-order valence-electron chi connectivity index (χ4n) is 1.62. The molecule has 0 bridgehead atoms. The van der Waals surface area contributed by atoms with Gasteiger partial charge < -0.3 is 11.1 Å². The Morgan fingerprint density at radius 3 is 2.48 bits per heavy atom. The van der Waals surface area contributed by atoms with E-state index in [1.807, 2.05) is 0 Å². The number of nitrogen functional groups attached to an aromatic ring is 1. The maximum atomic E-state index is 12.0. The number of hydrogen-bond donors (Lipinski definition) is 2. The summed E-state index contributed by atoms with van der Waals surface area (Å²) in [6.07, 6.45) is 0. The number of halogens is 2. The number of nitro benzene ring substituents is 1. The average molecular weight is 326 g/mol. The van der Waals surface area contributed by atoms with Crippen LogP contribution in [0.2, 0.25) is 10.0 Å². The molecule has 0 saturated heterocycles. The number of nitrogens with two attached hydrogens (primary N) is 1. The van der Waals surface area contributed by atoms with Crippen LogP contribution in [0.15, 0.2) is 36.4 Å². The molecule has 6 nitrogen and oxygen atoms in total. The summed E-state index contributed by atoms with van der Waals surface area (Å²) in [5.41, 5.74) is 5.68. The van der Waals surface area contributed by atoms with Crippen LogP contribution in [0.1, 0.15) is 10.4 Å². The Morgan fingerprint density at radius 1 is 1.14 bits per heavy atom. The fraction of sp³-hybridized carbons (Fsp3) is 0. The highest BCUT2D eigenvalue weighted by atomic mass is 35.5. The van der Waals surface area contributed by atoms with Crippen LogP contribution in [0.5, 0.6) is 0 Å². The van der Waals surface area contributed by atoms with Crippen LogP contribution in [0, 0.1) is 10.1 Å². The van der Waals surface area contributed by atoms with Crippen LogP contribution >= 0.6 is 23.2 Å². The largest absolute Gasteiger partial charge is 0.393 e. The van der Waals surface area contributed by atoms with Gasteiger partial charge in [-0.1, -0.05) is 23.2 Å². The third-order valence-corrected chi connectivity index (χ3v) is 3.41. The molecule has 0 unspecified atom stereocenters. The molecule has 3 N–H and O–H groups in total. The average Bonchev–Trinajstić information content (AvgIpc) is 2.43. The van der Waals surface area contributed by atoms with E-state index in [-0.39, 0.29) is 22.0 Å². The summed E-state index contributed by atoms with van der Waals surface area (Å²) in [6.45, 7) is 0. The SMILES string of the molecule is Nc1ccc(C(=O)Nc2ccc(Cl)c(Cl)c2)cc1[N+](=O)[O-]. The summed E-state index contributed by atoms with van der Waals surface area (Å²) in [5.74, 6) is -0.517. The summed E-state index contributed by atoms with van der Waals surface area (Å²) < 4.78 is 0. The molecule has 108 valence electrons. The topological polar surface area (TPSA) is 98.3 Å². The van der Waals surface area contributed by atoms with Gasteiger partial charge in [0.2, 0.25) is 0 Å². The van der Waals surface area contributed by atoms with E-state index >= 15 is 0 Å². The summed E-state index contributed by atoms with van der Waals surface area (Å²) in [4.78, 5) is 22.2. The first-order chi connectivity index (χ1) is 9.88. The summed E-state index contributed by atoms with van der Waals surface area (Å²) in [6, 6.07) is 8.40. The quantitative estimate of drug-likeness (QED) is 0.510. The molecule has 0 atom stereocenters. The zero-order valence-electron chi connectivity index (χ0n) is 10.5. The Morgan fingerprint density at radius 2 is 1.86 bits per heavy atom. The minimum Gasteiger partial charge on any atom is -0.393 e. The molecule has 0 aromatic heterocycles. The third-order valence-electron chi connectivity index (χ3n) is 2.67. The number of nitrogens with zero attached hydrogens (tertiary/aromatic N) is 1. The van der Waals surface area contributed by atoms with Gasteiger partial charge in [-0.2, -0.15) is 0 Å². The van der Waals surface area contributed by atoms with Crippen LogP contribution in [-0.4, -0.2) is 10.8 Å². The number of anilines is 2. The van der Waals surface area contributed by atoms with Crippen molar-refractivity contribution in [2.24, 2.45) is 0 Å². The van der Waals surface area contributed by atoms with Gasteiger partial charge >= 0.3 is 0 Å². The number of nitro groups is 1. The van der Waals surface area contributed by atoms with Gasteiger partial charge in [-0.15, -0.1) is 0 Å². The third kappa shape index (κ3) is 3.42. The minimum atomic E-state index is -0.648. The lowest BCUT2D eigenvalue weighted by molar-refractivity contribution is -0.383. The van der Waals surface area contributed by atoms with E-state index < -0.39 is 10.8 Å². The van der Waals surface area contributed by atoms with E-state index in [0.29, 0.717) is 10.7 Å². The zero-order chi connectivity index (χ0) is 15.6. The van der Waals surface area contributed by atoms with Crippen molar-refractivity contribution >= 4 is 46.2 Å². The standard InChI is InChI=1S/C13H9Cl2N3O3/c14-9-3-2-8(6-10(9)15)17-13(19)7-1-4-11(16)12(5-7)18(20)21/h1-6H,16H2,(H,17,19). The Bertz CT molecular complexity index is 735. The van der Waals surface area contributed by atoms with Gasteiger partial charge in [-0.05, 0) is 30.3 Å². The summed E-state index contributed by atoms with van der Waals surface area (Å²) >= 11 is 11.6. The lowest BCUT2D eigenvalue weighted by Crippen LogP contribution is -2.12. The van der Waals surface area contributed by atoms with Gasteiger partial charge in [0, 0.05) is 17.3 Å². The van der Waals surface area contributed by atoms with Crippen LogP contribution in [-0.2, 0) is 0 Å². The molecule has 0 aliphatic carbocycles. The van der Waals surface area contributed by atoms with Gasteiger partial charge in [0.05, 0.1) is 15.0 Å². The normalized spacial score (nSPS) is 10.2. The van der Waals surface area contributed by atoms with Gasteiger partial charge in [0.25, 0.3) is 11.6 Å². The van der Waals surface area contributed by atoms with E-state index in [2.05, 4.69) is 5.32 Å². The molecule has 2 aromatic carbocycles. The molecule has 0 saturated carbocycles. The molecule has 0 heterocycles. The van der Waals surface area contributed by atoms with E-state index in [0.717, 1.165) is 6.07 Å². The molecular formula is C13H9Cl2N3O3. The van der Waals surface area contributed by atoms with Crippen LogP contribution in [0.4, 0.5) is 17.1 Å². The van der Waals surface area contributed by atoms with Crippen LogP contribution in [0.25, 0.3) is 0 Å². The second kappa shape index (κ2) is 5.99. The van der Waals surface area contributed by atoms with Gasteiger partial charge in [-0.3, -0.25) is 14.9 Å². The second-order valence-corrected chi connectivity index (χ2v) is 4.93. The van der Waals surface area contributed by atoms with Gasteiger partial charge in [0.15, 0.2) is 0 Å². The van der Waals surface area contributed by atoms with Crippen molar-refractivity contribution in [3.63, 3.8) is 0 Å². The molecular weight excluding hydrogens is 317 g/mol. The highest BCUT2D eigenvalue weighted by molar-refractivity contribution is 6.42. The zero-order valence-corrected chi connectivity index (χ0v) is 12.0. The van der Waals surface area contributed by atoms with E-state index in [4.69, 9.17) is 28.9 Å². The fourth-order valence-corrected chi connectivity index (χ4v) is 1.92. The van der Waals surface area contributed by atoms with Crippen molar-refractivity contribution in [1.29, 1.82) is 0 Å². The Labute approximate surface area is 129 Å². The van der Waals surface area contributed by atoms with E-state index in [9.17, 15) is 14.9 Å². The van der Waals surface area contributed by atoms with Crippen molar-refractivity contribution in [3.8, 4) is 0 Å². The summed E-state index contributed by atoms with van der Waals surface area (Å²) in [5, 5.41) is 14.0.